The van der Waals surface area contributed by atoms with Gasteiger partial charge >= 0.3 is 5.69 Å². The first kappa shape index (κ1) is 21.9. The molecule has 0 spiro atoms. The molecule has 0 saturated heterocycles. The van der Waals surface area contributed by atoms with Gasteiger partial charge in [-0.2, -0.15) is 4.98 Å². The van der Waals surface area contributed by atoms with E-state index in [1.54, 1.807) is 34.3 Å². The smallest absolute Gasteiger partial charge is 0.283 e. The Balaban J connectivity index is 1.74. The summed E-state index contributed by atoms with van der Waals surface area (Å²) in [5, 5.41) is 5.20. The normalized spacial score (nSPS) is 12.1. The van der Waals surface area contributed by atoms with Crippen molar-refractivity contribution in [3.63, 3.8) is 0 Å². The summed E-state index contributed by atoms with van der Waals surface area (Å²) >= 11 is 0. The molecular formula is C23H22N6O4S. The van der Waals surface area contributed by atoms with Crippen molar-refractivity contribution in [2.75, 3.05) is 0 Å². The minimum absolute atomic E-state index is 0.00739. The SMILES string of the molecule is Cc1cccc(Cn2c(=O)c3c(nc4n(-c5ccc(S(N)(=O)=O)cc5)c(C)cn34)n(C)c2=O)c1. The van der Waals surface area contributed by atoms with Crippen LogP contribution in [0.3, 0.4) is 0 Å². The molecule has 0 unspecified atom stereocenters. The van der Waals surface area contributed by atoms with Gasteiger partial charge in [0.2, 0.25) is 15.8 Å². The summed E-state index contributed by atoms with van der Waals surface area (Å²) in [4.78, 5) is 31.1. The van der Waals surface area contributed by atoms with Crippen molar-refractivity contribution in [2.24, 2.45) is 12.2 Å². The van der Waals surface area contributed by atoms with E-state index in [0.29, 0.717) is 11.5 Å². The largest absolute Gasteiger partial charge is 0.332 e. The molecule has 0 aliphatic rings. The predicted molar refractivity (Wildman–Crippen MR) is 128 cm³/mol. The highest BCUT2D eigenvalue weighted by atomic mass is 32.2. The molecule has 3 heterocycles. The molecule has 0 radical (unpaired) electrons. The molecule has 10 nitrogen and oxygen atoms in total. The van der Waals surface area contributed by atoms with Crippen LogP contribution < -0.4 is 16.4 Å². The van der Waals surface area contributed by atoms with E-state index >= 15 is 0 Å². The Kier molecular flexibility index (Phi) is 4.85. The number of benzene rings is 2. The zero-order chi connectivity index (χ0) is 24.4. The number of rotatable bonds is 4. The average Bonchev–Trinajstić information content (AvgIpc) is 3.29. The van der Waals surface area contributed by atoms with E-state index in [9.17, 15) is 18.0 Å². The fourth-order valence-electron chi connectivity index (χ4n) is 4.25. The van der Waals surface area contributed by atoms with Crippen molar-refractivity contribution in [1.82, 2.24) is 23.1 Å². The minimum Gasteiger partial charge on any atom is -0.283 e. The molecule has 0 bridgehead atoms. The van der Waals surface area contributed by atoms with Crippen LogP contribution in [-0.4, -0.2) is 31.5 Å². The maximum absolute atomic E-state index is 13.5. The Hall–Kier alpha value is -3.96. The zero-order valence-electron chi connectivity index (χ0n) is 18.8. The lowest BCUT2D eigenvalue weighted by Gasteiger charge is -2.09. The second kappa shape index (κ2) is 7.54. The number of nitrogens with zero attached hydrogens (tertiary/aromatic N) is 5. The van der Waals surface area contributed by atoms with Gasteiger partial charge in [0.15, 0.2) is 11.2 Å². The molecule has 174 valence electrons. The van der Waals surface area contributed by atoms with Crippen LogP contribution in [0.1, 0.15) is 16.8 Å². The molecule has 0 saturated carbocycles. The fourth-order valence-corrected chi connectivity index (χ4v) is 4.76. The fraction of sp³-hybridized carbons (Fsp3) is 0.174. The van der Waals surface area contributed by atoms with Crippen LogP contribution in [0.2, 0.25) is 0 Å². The lowest BCUT2D eigenvalue weighted by Crippen LogP contribution is -2.39. The summed E-state index contributed by atoms with van der Waals surface area (Å²) in [6.45, 7) is 3.95. The first-order valence-corrected chi connectivity index (χ1v) is 12.0. The second-order valence-corrected chi connectivity index (χ2v) is 9.88. The molecular weight excluding hydrogens is 456 g/mol. The molecule has 11 heteroatoms. The third-order valence-electron chi connectivity index (χ3n) is 5.87. The molecule has 5 aromatic rings. The van der Waals surface area contributed by atoms with Crippen LogP contribution >= 0.6 is 0 Å². The number of hydrogen-bond acceptors (Lipinski definition) is 5. The van der Waals surface area contributed by atoms with Crippen LogP contribution in [-0.2, 0) is 23.6 Å². The van der Waals surface area contributed by atoms with E-state index in [1.807, 2.05) is 38.1 Å². The Bertz CT molecular complexity index is 1820. The van der Waals surface area contributed by atoms with Crippen LogP contribution in [0, 0.1) is 13.8 Å². The Morgan fingerprint density at radius 2 is 1.74 bits per heavy atom. The van der Waals surface area contributed by atoms with Gasteiger partial charge in [0.05, 0.1) is 11.4 Å². The Labute approximate surface area is 194 Å². The number of sulfonamides is 1. The molecule has 0 aliphatic carbocycles. The van der Waals surface area contributed by atoms with Crippen molar-refractivity contribution >= 4 is 27.0 Å². The van der Waals surface area contributed by atoms with Crippen molar-refractivity contribution < 1.29 is 8.42 Å². The average molecular weight is 479 g/mol. The second-order valence-electron chi connectivity index (χ2n) is 8.32. The number of aryl methyl sites for hydroxylation is 3. The van der Waals surface area contributed by atoms with E-state index in [4.69, 9.17) is 5.14 Å². The van der Waals surface area contributed by atoms with Gasteiger partial charge in [0.25, 0.3) is 5.56 Å². The standard InChI is InChI=1S/C23H22N6O4S/c1-14-5-4-6-16(11-14)13-28-21(30)19-20(26(3)23(28)31)25-22-27(19)12-15(2)29(22)17-7-9-18(10-8-17)34(24,32)33/h4-12H,13H2,1-3H3,(H2,24,32,33). The van der Waals surface area contributed by atoms with E-state index < -0.39 is 21.3 Å². The topological polar surface area (TPSA) is 126 Å². The molecule has 0 fully saturated rings. The zero-order valence-corrected chi connectivity index (χ0v) is 19.6. The summed E-state index contributed by atoms with van der Waals surface area (Å²) in [6.07, 6.45) is 1.77. The van der Waals surface area contributed by atoms with E-state index in [2.05, 4.69) is 4.98 Å². The van der Waals surface area contributed by atoms with E-state index in [0.717, 1.165) is 16.8 Å². The molecule has 0 aliphatic heterocycles. The van der Waals surface area contributed by atoms with Crippen LogP contribution in [0.25, 0.3) is 22.6 Å². The van der Waals surface area contributed by atoms with Crippen molar-refractivity contribution in [3.05, 3.63) is 92.4 Å². The maximum Gasteiger partial charge on any atom is 0.332 e. The first-order valence-electron chi connectivity index (χ1n) is 10.4. The van der Waals surface area contributed by atoms with Crippen molar-refractivity contribution in [3.8, 4) is 5.69 Å². The highest BCUT2D eigenvalue weighted by molar-refractivity contribution is 7.89. The molecule has 34 heavy (non-hydrogen) atoms. The van der Waals surface area contributed by atoms with Crippen molar-refractivity contribution in [1.29, 1.82) is 0 Å². The molecule has 3 aromatic heterocycles. The Morgan fingerprint density at radius 1 is 1.03 bits per heavy atom. The minimum atomic E-state index is -3.82. The lowest BCUT2D eigenvalue weighted by molar-refractivity contribution is 0.598. The summed E-state index contributed by atoms with van der Waals surface area (Å²) in [5.74, 6) is 0.427. The van der Waals surface area contributed by atoms with Gasteiger partial charge in [-0.05, 0) is 43.7 Å². The van der Waals surface area contributed by atoms with Gasteiger partial charge in [0.1, 0.15) is 0 Å². The molecule has 2 aromatic carbocycles. The van der Waals surface area contributed by atoms with Gasteiger partial charge in [-0.1, -0.05) is 29.8 Å². The van der Waals surface area contributed by atoms with Gasteiger partial charge in [-0.15, -0.1) is 0 Å². The molecule has 0 atom stereocenters. The Morgan fingerprint density at radius 3 is 2.38 bits per heavy atom. The monoisotopic (exact) mass is 478 g/mol. The predicted octanol–water partition coefficient (Wildman–Crippen LogP) is 1.45. The third-order valence-corrected chi connectivity index (χ3v) is 6.80. The van der Waals surface area contributed by atoms with Crippen LogP contribution in [0.15, 0.2) is 69.2 Å². The van der Waals surface area contributed by atoms with Crippen LogP contribution in [0.5, 0.6) is 0 Å². The summed E-state index contributed by atoms with van der Waals surface area (Å²) in [7, 11) is -2.24. The molecule has 2 N–H and O–H groups in total. The van der Waals surface area contributed by atoms with E-state index in [1.165, 1.54) is 21.3 Å². The van der Waals surface area contributed by atoms with Gasteiger partial charge < -0.3 is 0 Å². The highest BCUT2D eigenvalue weighted by Gasteiger charge is 2.21. The third kappa shape index (κ3) is 3.37. The number of fused-ring (bicyclic) bond motifs is 3. The summed E-state index contributed by atoms with van der Waals surface area (Å²) < 4.78 is 29.2. The number of imidazole rings is 2. The lowest BCUT2D eigenvalue weighted by atomic mass is 10.1. The number of aromatic nitrogens is 5. The van der Waals surface area contributed by atoms with Crippen molar-refractivity contribution in [2.45, 2.75) is 25.3 Å². The maximum atomic E-state index is 13.5. The first-order chi connectivity index (χ1) is 16.1. The molecule has 5 rings (SSSR count). The number of hydrogen-bond donors (Lipinski definition) is 1. The van der Waals surface area contributed by atoms with Gasteiger partial charge in [-0.25, -0.2) is 18.4 Å². The van der Waals surface area contributed by atoms with Gasteiger partial charge in [0, 0.05) is 24.6 Å². The highest BCUT2D eigenvalue weighted by Crippen LogP contribution is 2.22. The van der Waals surface area contributed by atoms with Gasteiger partial charge in [-0.3, -0.25) is 22.9 Å². The van der Waals surface area contributed by atoms with Crippen LogP contribution in [0.4, 0.5) is 0 Å². The summed E-state index contributed by atoms with van der Waals surface area (Å²) in [6, 6.07) is 13.7. The number of nitrogens with two attached hydrogens (primary N) is 1. The van der Waals surface area contributed by atoms with E-state index in [-0.39, 0.29) is 22.6 Å². The quantitative estimate of drug-likeness (QED) is 0.418. The summed E-state index contributed by atoms with van der Waals surface area (Å²) in [5.41, 5.74) is 2.95. The number of primary sulfonamides is 1. The molecule has 0 amide bonds.